The third kappa shape index (κ3) is 7.89. The summed E-state index contributed by atoms with van der Waals surface area (Å²) in [5, 5.41) is 21.1. The van der Waals surface area contributed by atoms with Gasteiger partial charge in [0.1, 0.15) is 0 Å². The number of fused-ring (bicyclic) bond motifs is 1. The summed E-state index contributed by atoms with van der Waals surface area (Å²) in [6, 6.07) is 12.9. The number of hydrogen-bond acceptors (Lipinski definition) is 4. The zero-order valence-corrected chi connectivity index (χ0v) is 24.0. The van der Waals surface area contributed by atoms with Crippen molar-refractivity contribution in [2.75, 3.05) is 11.5 Å². The van der Waals surface area contributed by atoms with E-state index >= 15 is 0 Å². The van der Waals surface area contributed by atoms with E-state index in [2.05, 4.69) is 26.8 Å². The fourth-order valence-corrected chi connectivity index (χ4v) is 4.78. The number of unbranched alkanes of at least 4 members (excludes halogenated alkanes) is 1. The SMILES string of the molecule is C.CC.CC.CCC.CCCCC(CC)(CO)C1C(=O)N(c2ccc(C#N)c3ccccc23)C(=O)C1C. The maximum Gasteiger partial charge on any atom is 0.238 e. The third-order valence-corrected chi connectivity index (χ3v) is 6.57. The Hall–Kier alpha value is -2.71. The molecule has 5 nitrogen and oxygen atoms in total. The average molecular weight is 513 g/mol. The van der Waals surface area contributed by atoms with Gasteiger partial charge >= 0.3 is 0 Å². The zero-order chi connectivity index (χ0) is 27.9. The van der Waals surface area contributed by atoms with Gasteiger partial charge in [-0.1, -0.05) is 113 Å². The van der Waals surface area contributed by atoms with Gasteiger partial charge in [-0.2, -0.15) is 5.26 Å². The highest BCUT2D eigenvalue weighted by atomic mass is 16.3. The molecule has 1 N–H and O–H groups in total. The third-order valence-electron chi connectivity index (χ3n) is 6.57. The van der Waals surface area contributed by atoms with Gasteiger partial charge in [0.25, 0.3) is 0 Å². The molecular formula is C32H52N2O3. The molecule has 0 aromatic heterocycles. The second-order valence-electron chi connectivity index (χ2n) is 8.75. The minimum atomic E-state index is -0.598. The van der Waals surface area contributed by atoms with Crippen LogP contribution in [0.15, 0.2) is 36.4 Å². The van der Waals surface area contributed by atoms with Gasteiger partial charge in [0.2, 0.25) is 11.8 Å². The number of nitriles is 1. The van der Waals surface area contributed by atoms with Crippen molar-refractivity contribution in [2.24, 2.45) is 17.3 Å². The van der Waals surface area contributed by atoms with Crippen molar-refractivity contribution in [3.8, 4) is 6.07 Å². The van der Waals surface area contributed by atoms with Crippen LogP contribution in [0.5, 0.6) is 0 Å². The highest BCUT2D eigenvalue weighted by molar-refractivity contribution is 6.25. The van der Waals surface area contributed by atoms with Gasteiger partial charge in [0, 0.05) is 28.7 Å². The number of nitrogens with zero attached hydrogens (tertiary/aromatic N) is 2. The predicted molar refractivity (Wildman–Crippen MR) is 159 cm³/mol. The molecule has 0 aliphatic carbocycles. The molecule has 0 radical (unpaired) electrons. The van der Waals surface area contributed by atoms with E-state index in [4.69, 9.17) is 0 Å². The number of rotatable bonds is 7. The minimum absolute atomic E-state index is 0. The van der Waals surface area contributed by atoms with Crippen molar-refractivity contribution in [3.63, 3.8) is 0 Å². The predicted octanol–water partition coefficient (Wildman–Crippen LogP) is 8.52. The number of carbonyl (C=O) groups excluding carboxylic acids is 2. The molecule has 2 aromatic carbocycles. The molecule has 1 fully saturated rings. The molecule has 1 saturated heterocycles. The second kappa shape index (κ2) is 18.5. The quantitative estimate of drug-likeness (QED) is 0.377. The molecule has 3 atom stereocenters. The van der Waals surface area contributed by atoms with Gasteiger partial charge < -0.3 is 5.11 Å². The Balaban J connectivity index is 0. The summed E-state index contributed by atoms with van der Waals surface area (Å²) in [6.07, 6.45) is 4.47. The maximum absolute atomic E-state index is 13.6. The number of anilines is 1. The van der Waals surface area contributed by atoms with Crippen molar-refractivity contribution in [2.45, 2.75) is 102 Å². The summed E-state index contributed by atoms with van der Waals surface area (Å²) in [5.41, 5.74) is 0.427. The van der Waals surface area contributed by atoms with Crippen LogP contribution in [0.3, 0.4) is 0 Å². The summed E-state index contributed by atoms with van der Waals surface area (Å²) < 4.78 is 0. The lowest BCUT2D eigenvalue weighted by molar-refractivity contribution is -0.127. The summed E-state index contributed by atoms with van der Waals surface area (Å²) in [5.74, 6) is -1.53. The maximum atomic E-state index is 13.6. The fourth-order valence-electron chi connectivity index (χ4n) is 4.78. The number of hydrogen-bond donors (Lipinski definition) is 1. The van der Waals surface area contributed by atoms with Crippen LogP contribution in [0.2, 0.25) is 0 Å². The van der Waals surface area contributed by atoms with Gasteiger partial charge in [-0.25, -0.2) is 4.90 Å². The number of carbonyl (C=O) groups is 2. The standard InChI is InChI=1S/C24H28N2O3.C3H8.2C2H6.CH4/c1-4-6-13-24(5-2,15-27)21-16(3)22(28)26(23(21)29)20-12-11-17(14-25)18-9-7-8-10-19(18)20;1-3-2;2*1-2;/h7-12,16,21,27H,4-6,13,15H2,1-3H3;3H2,1-2H3;2*1-2H3;1H4. The van der Waals surface area contributed by atoms with Crippen LogP contribution in [0.25, 0.3) is 10.8 Å². The fraction of sp³-hybridized carbons (Fsp3) is 0.594. The van der Waals surface area contributed by atoms with Crippen LogP contribution in [-0.2, 0) is 9.59 Å². The Morgan fingerprint density at radius 1 is 0.946 bits per heavy atom. The monoisotopic (exact) mass is 512 g/mol. The Kier molecular flexibility index (Phi) is 18.2. The van der Waals surface area contributed by atoms with Crippen molar-refractivity contribution >= 4 is 28.3 Å². The van der Waals surface area contributed by atoms with Crippen LogP contribution in [-0.4, -0.2) is 23.5 Å². The first kappa shape index (κ1) is 36.4. The molecule has 1 heterocycles. The van der Waals surface area contributed by atoms with Crippen LogP contribution >= 0.6 is 0 Å². The average Bonchev–Trinajstić information content (AvgIpc) is 3.15. The molecule has 3 rings (SSSR count). The molecule has 0 spiro atoms. The normalized spacial score (nSPS) is 17.6. The van der Waals surface area contributed by atoms with Crippen LogP contribution in [0.4, 0.5) is 5.69 Å². The second-order valence-corrected chi connectivity index (χ2v) is 8.75. The Bertz CT molecular complexity index is 989. The van der Waals surface area contributed by atoms with Gasteiger partial charge in [-0.15, -0.1) is 0 Å². The molecule has 37 heavy (non-hydrogen) atoms. The summed E-state index contributed by atoms with van der Waals surface area (Å²) in [4.78, 5) is 28.1. The van der Waals surface area contributed by atoms with Crippen molar-refractivity contribution < 1.29 is 14.7 Å². The first-order chi connectivity index (χ1) is 17.4. The molecular weight excluding hydrogens is 460 g/mol. The van der Waals surface area contributed by atoms with Crippen LogP contribution in [0, 0.1) is 28.6 Å². The Labute approximate surface area is 226 Å². The van der Waals surface area contributed by atoms with Crippen LogP contribution in [0.1, 0.15) is 107 Å². The molecule has 1 aliphatic heterocycles. The summed E-state index contributed by atoms with van der Waals surface area (Å²) in [6.45, 7) is 18.0. The van der Waals surface area contributed by atoms with E-state index in [1.807, 2.05) is 58.9 Å². The highest BCUT2D eigenvalue weighted by Gasteiger charge is 2.54. The largest absolute Gasteiger partial charge is 0.396 e. The van der Waals surface area contributed by atoms with Crippen molar-refractivity contribution in [1.82, 2.24) is 0 Å². The lowest BCUT2D eigenvalue weighted by atomic mass is 9.66. The topological polar surface area (TPSA) is 81.4 Å². The van der Waals surface area contributed by atoms with Gasteiger partial charge in [-0.3, -0.25) is 9.59 Å². The molecule has 5 heteroatoms. The van der Waals surface area contributed by atoms with E-state index in [1.165, 1.54) is 11.3 Å². The Morgan fingerprint density at radius 3 is 1.95 bits per heavy atom. The molecule has 0 bridgehead atoms. The van der Waals surface area contributed by atoms with Crippen molar-refractivity contribution in [1.29, 1.82) is 5.26 Å². The number of benzene rings is 2. The lowest BCUT2D eigenvalue weighted by Gasteiger charge is -2.37. The molecule has 0 saturated carbocycles. The number of aliphatic hydroxyl groups is 1. The molecule has 208 valence electrons. The first-order valence-corrected chi connectivity index (χ1v) is 13.8. The van der Waals surface area contributed by atoms with E-state index < -0.39 is 17.3 Å². The van der Waals surface area contributed by atoms with E-state index in [1.54, 1.807) is 19.1 Å². The number of aliphatic hydroxyl groups excluding tert-OH is 1. The molecule has 2 aromatic rings. The first-order valence-electron chi connectivity index (χ1n) is 13.8. The zero-order valence-electron chi connectivity index (χ0n) is 24.0. The van der Waals surface area contributed by atoms with E-state index in [0.29, 0.717) is 29.5 Å². The number of amides is 2. The number of imide groups is 1. The van der Waals surface area contributed by atoms with Crippen LogP contribution < -0.4 is 4.90 Å². The smallest absolute Gasteiger partial charge is 0.238 e. The van der Waals surface area contributed by atoms with Gasteiger partial charge in [0.15, 0.2) is 0 Å². The van der Waals surface area contributed by atoms with E-state index in [9.17, 15) is 20.0 Å². The van der Waals surface area contributed by atoms with E-state index in [0.717, 1.165) is 18.2 Å². The molecule has 2 amide bonds. The van der Waals surface area contributed by atoms with Gasteiger partial charge in [-0.05, 0) is 25.0 Å². The van der Waals surface area contributed by atoms with Crippen molar-refractivity contribution in [3.05, 3.63) is 42.0 Å². The van der Waals surface area contributed by atoms with Gasteiger partial charge in [0.05, 0.1) is 23.2 Å². The molecule has 1 aliphatic rings. The summed E-state index contributed by atoms with van der Waals surface area (Å²) >= 11 is 0. The van der Waals surface area contributed by atoms with E-state index in [-0.39, 0.29) is 25.8 Å². The summed E-state index contributed by atoms with van der Waals surface area (Å²) in [7, 11) is 0. The Morgan fingerprint density at radius 2 is 1.49 bits per heavy atom. The lowest BCUT2D eigenvalue weighted by Crippen LogP contribution is -2.41. The molecule has 3 unspecified atom stereocenters. The minimum Gasteiger partial charge on any atom is -0.396 e. The highest BCUT2D eigenvalue weighted by Crippen LogP contribution is 2.47.